The Morgan fingerprint density at radius 1 is 0.754 bits per heavy atom. The molecule has 0 saturated carbocycles. The number of phenolic OH excluding ortho intramolecular Hbond substituents is 5. The quantitative estimate of drug-likeness (QED) is 0.0441. The van der Waals surface area contributed by atoms with Gasteiger partial charge < -0.3 is 84.2 Å². The number of esters is 1. The average molecular weight is 802 g/mol. The third kappa shape index (κ3) is 8.55. The molecule has 0 bridgehead atoms. The summed E-state index contributed by atoms with van der Waals surface area (Å²) in [5.41, 5.74) is 0.521. The highest BCUT2D eigenvalue weighted by molar-refractivity contribution is 5.89. The zero-order valence-corrected chi connectivity index (χ0v) is 30.4. The molecular formula is C38H41O19+. The van der Waals surface area contributed by atoms with E-state index in [-0.39, 0.29) is 56.8 Å². The molecule has 10 atom stereocenters. The number of aromatic hydroxyl groups is 5. The molecule has 19 nitrogen and oxygen atoms in total. The fraction of sp³-hybridized carbons (Fsp3) is 0.368. The van der Waals surface area contributed by atoms with Crippen molar-refractivity contribution in [1.82, 2.24) is 0 Å². The first-order valence-corrected chi connectivity index (χ1v) is 17.3. The van der Waals surface area contributed by atoms with Crippen LogP contribution >= 0.6 is 0 Å². The van der Waals surface area contributed by atoms with E-state index in [9.17, 15) is 55.9 Å². The van der Waals surface area contributed by atoms with Crippen molar-refractivity contribution in [2.45, 2.75) is 68.3 Å². The van der Waals surface area contributed by atoms with Crippen LogP contribution in [0.1, 0.15) is 12.5 Å². The maximum atomic E-state index is 12.5. The molecule has 1 aromatic heterocycles. The zero-order valence-electron chi connectivity index (χ0n) is 30.4. The van der Waals surface area contributed by atoms with E-state index in [4.69, 9.17) is 37.6 Å². The Morgan fingerprint density at radius 2 is 1.44 bits per heavy atom. The molecule has 10 N–H and O–H groups in total. The number of benzene rings is 3. The number of carbonyl (C=O) groups is 1. The summed E-state index contributed by atoms with van der Waals surface area (Å²) in [6.45, 7) is 0.825. The third-order valence-electron chi connectivity index (χ3n) is 9.33. The fourth-order valence-corrected chi connectivity index (χ4v) is 6.25. The highest BCUT2D eigenvalue weighted by Gasteiger charge is 2.49. The molecule has 10 unspecified atom stereocenters. The van der Waals surface area contributed by atoms with Gasteiger partial charge in [-0.05, 0) is 30.7 Å². The standard InChI is InChI=1S/C38H40O19/c1-15-35(57-28(43)7-5-16-4-6-20(40)22(42)8-16)32(47)34(49)37(53-15)52-14-27-30(45)31(46)33(48)38(56-27)55-26-13-19-21(41)11-18(39)12-23(19)54-36(26)17-9-24(50-2)29(44)25(10-17)51-3/h4-13,15,27,30-35,37-38,45-49H,14H2,1-3H3,(H4-,39,40,41,42,43,44)/p+1. The monoisotopic (exact) mass is 801 g/mol. The molecule has 3 heterocycles. The van der Waals surface area contributed by atoms with Gasteiger partial charge in [0.25, 0.3) is 0 Å². The fourth-order valence-electron chi connectivity index (χ4n) is 6.25. The number of hydrogen-bond donors (Lipinski definition) is 10. The number of aliphatic hydroxyl groups excluding tert-OH is 5. The second-order valence-corrected chi connectivity index (χ2v) is 13.2. The van der Waals surface area contributed by atoms with E-state index in [1.54, 1.807) is 0 Å². The molecule has 0 radical (unpaired) electrons. The Hall–Kier alpha value is -5.64. The zero-order chi connectivity index (χ0) is 41.3. The van der Waals surface area contributed by atoms with Crippen LogP contribution in [0.15, 0.2) is 59.0 Å². The molecule has 0 spiro atoms. The molecule has 3 aromatic carbocycles. The molecule has 2 saturated heterocycles. The molecule has 0 amide bonds. The average Bonchev–Trinajstić information content (AvgIpc) is 3.18. The molecule has 0 aliphatic carbocycles. The summed E-state index contributed by atoms with van der Waals surface area (Å²) in [7, 11) is 2.59. The molecule has 6 rings (SSSR count). The Kier molecular flexibility index (Phi) is 12.1. The molecule has 57 heavy (non-hydrogen) atoms. The molecular weight excluding hydrogens is 760 g/mol. The van der Waals surface area contributed by atoms with Crippen LogP contribution in [0, 0.1) is 0 Å². The Bertz CT molecular complexity index is 2100. The van der Waals surface area contributed by atoms with Gasteiger partial charge in [0, 0.05) is 30.3 Å². The summed E-state index contributed by atoms with van der Waals surface area (Å²) in [6.07, 6.45) is -14.0. The molecule has 2 aliphatic heterocycles. The smallest absolute Gasteiger partial charge is 0.402 e. The lowest BCUT2D eigenvalue weighted by molar-refractivity contribution is -0.319. The minimum atomic E-state index is -1.89. The van der Waals surface area contributed by atoms with Crippen LogP contribution in [-0.4, -0.2) is 139 Å². The highest BCUT2D eigenvalue weighted by atomic mass is 16.7. The normalized spacial score (nSPS) is 27.6. The SMILES string of the molecule is COc1cc(-c2[o+]c3cc(O)cc(O)c3cc2OC2OC(COC3OC(C)C(OC(=O)C=Cc4ccc(O)c(O)c4)C(O)C3O)C(O)C(O)C2O)cc(OC)c1O. The van der Waals surface area contributed by atoms with Crippen LogP contribution < -0.4 is 14.2 Å². The van der Waals surface area contributed by atoms with E-state index >= 15 is 0 Å². The van der Waals surface area contributed by atoms with E-state index in [1.165, 1.54) is 69.7 Å². The van der Waals surface area contributed by atoms with Gasteiger partial charge in [0.1, 0.15) is 53.5 Å². The van der Waals surface area contributed by atoms with Gasteiger partial charge in [0.05, 0.1) is 38.6 Å². The molecule has 19 heteroatoms. The van der Waals surface area contributed by atoms with E-state index in [1.807, 2.05) is 0 Å². The first kappa shape index (κ1) is 41.0. The van der Waals surface area contributed by atoms with Crippen molar-refractivity contribution in [3.63, 3.8) is 0 Å². The first-order chi connectivity index (χ1) is 27.1. The van der Waals surface area contributed by atoms with E-state index < -0.39 is 85.5 Å². The largest absolute Gasteiger partial charge is 0.507 e. The van der Waals surface area contributed by atoms with Crippen molar-refractivity contribution >= 4 is 23.0 Å². The van der Waals surface area contributed by atoms with Gasteiger partial charge in [-0.1, -0.05) is 6.07 Å². The molecule has 4 aromatic rings. The van der Waals surface area contributed by atoms with Crippen molar-refractivity contribution in [2.75, 3.05) is 20.8 Å². The number of phenols is 5. The summed E-state index contributed by atoms with van der Waals surface area (Å²) < 4.78 is 45.0. The predicted octanol–water partition coefficient (Wildman–Crippen LogP) is 1.22. The van der Waals surface area contributed by atoms with Crippen LogP contribution in [0.5, 0.6) is 46.0 Å². The Morgan fingerprint density at radius 3 is 2.11 bits per heavy atom. The Balaban J connectivity index is 1.18. The predicted molar refractivity (Wildman–Crippen MR) is 192 cm³/mol. The minimum absolute atomic E-state index is 0.0149. The third-order valence-corrected chi connectivity index (χ3v) is 9.33. The summed E-state index contributed by atoms with van der Waals surface area (Å²) >= 11 is 0. The van der Waals surface area contributed by atoms with Crippen LogP contribution in [0.25, 0.3) is 28.4 Å². The number of rotatable bonds is 11. The van der Waals surface area contributed by atoms with Crippen molar-refractivity contribution < 1.29 is 93.4 Å². The Labute approximate surface area is 322 Å². The van der Waals surface area contributed by atoms with E-state index in [2.05, 4.69) is 0 Å². The van der Waals surface area contributed by atoms with Gasteiger partial charge in [0.2, 0.25) is 17.8 Å². The topological polar surface area (TPSA) is 295 Å². The van der Waals surface area contributed by atoms with Crippen LogP contribution in [0.2, 0.25) is 0 Å². The molecule has 306 valence electrons. The van der Waals surface area contributed by atoms with E-state index in [0.29, 0.717) is 5.56 Å². The summed E-state index contributed by atoms with van der Waals surface area (Å²) in [4.78, 5) is 12.5. The number of methoxy groups -OCH3 is 2. The lowest BCUT2D eigenvalue weighted by atomic mass is 9.98. The van der Waals surface area contributed by atoms with Crippen molar-refractivity contribution in [3.05, 3.63) is 60.2 Å². The van der Waals surface area contributed by atoms with Gasteiger partial charge in [0.15, 0.2) is 35.4 Å². The number of ether oxygens (including phenoxy) is 7. The number of hydrogen-bond acceptors (Lipinski definition) is 18. The lowest BCUT2D eigenvalue weighted by Crippen LogP contribution is -2.62. The summed E-state index contributed by atoms with van der Waals surface area (Å²) in [5.74, 6) is -3.14. The second-order valence-electron chi connectivity index (χ2n) is 13.2. The lowest BCUT2D eigenvalue weighted by Gasteiger charge is -2.42. The van der Waals surface area contributed by atoms with Crippen LogP contribution in [0.4, 0.5) is 0 Å². The summed E-state index contributed by atoms with van der Waals surface area (Å²) in [5, 5.41) is 105. The first-order valence-electron chi connectivity index (χ1n) is 17.3. The number of carbonyl (C=O) groups excluding carboxylic acids is 1. The van der Waals surface area contributed by atoms with Crippen molar-refractivity contribution in [1.29, 1.82) is 0 Å². The van der Waals surface area contributed by atoms with Crippen molar-refractivity contribution in [3.8, 4) is 57.3 Å². The molecule has 2 aliphatic rings. The van der Waals surface area contributed by atoms with Crippen LogP contribution in [-0.2, 0) is 23.7 Å². The van der Waals surface area contributed by atoms with Gasteiger partial charge in [-0.25, -0.2) is 9.21 Å². The molecule has 2 fully saturated rings. The van der Waals surface area contributed by atoms with Crippen LogP contribution in [0.3, 0.4) is 0 Å². The number of fused-ring (bicyclic) bond motifs is 1. The second kappa shape index (κ2) is 16.8. The van der Waals surface area contributed by atoms with Crippen molar-refractivity contribution in [2.24, 2.45) is 0 Å². The minimum Gasteiger partial charge on any atom is -0.507 e. The van der Waals surface area contributed by atoms with Gasteiger partial charge in [-0.2, -0.15) is 0 Å². The summed E-state index contributed by atoms with van der Waals surface area (Å²) in [6, 6.07) is 10.1. The van der Waals surface area contributed by atoms with Gasteiger partial charge >= 0.3 is 17.3 Å². The maximum absolute atomic E-state index is 12.5. The van der Waals surface area contributed by atoms with Gasteiger partial charge in [-0.15, -0.1) is 0 Å². The number of aliphatic hydroxyl groups is 5. The van der Waals surface area contributed by atoms with Gasteiger partial charge in [-0.3, -0.25) is 0 Å². The van der Waals surface area contributed by atoms with E-state index in [0.717, 1.165) is 12.1 Å². The maximum Gasteiger partial charge on any atom is 0.402 e. The highest BCUT2D eigenvalue weighted by Crippen LogP contribution is 2.45.